The molecule has 0 bridgehead atoms. The Morgan fingerprint density at radius 3 is 3.00 bits per heavy atom. The zero-order chi connectivity index (χ0) is 12.8. The first-order chi connectivity index (χ1) is 8.78. The van der Waals surface area contributed by atoms with Gasteiger partial charge in [0.25, 0.3) is 0 Å². The molecule has 1 aliphatic rings. The van der Waals surface area contributed by atoms with Crippen LogP contribution in [0, 0.1) is 5.92 Å². The van der Waals surface area contributed by atoms with Crippen molar-refractivity contribution in [1.29, 1.82) is 0 Å². The lowest BCUT2D eigenvalue weighted by Gasteiger charge is -2.21. The number of aromatic nitrogens is 2. The Morgan fingerprint density at radius 1 is 1.50 bits per heavy atom. The van der Waals surface area contributed by atoms with Crippen LogP contribution in [-0.2, 0) is 17.6 Å². The van der Waals surface area contributed by atoms with Gasteiger partial charge in [-0.15, -0.1) is 0 Å². The Labute approximate surface area is 107 Å². The molecule has 100 valence electrons. The topological polar surface area (TPSA) is 80.0 Å². The molecule has 1 aromatic heterocycles. The highest BCUT2D eigenvalue weighted by molar-refractivity contribution is 5.77. The average Bonchev–Trinajstić information content (AvgIpc) is 2.85. The van der Waals surface area contributed by atoms with Crippen LogP contribution in [0.25, 0.3) is 0 Å². The number of hydrogen-bond acceptors (Lipinski definition) is 5. The smallest absolute Gasteiger partial charge is 0.227 e. The summed E-state index contributed by atoms with van der Waals surface area (Å²) in [5, 5.41) is 9.70. The van der Waals surface area contributed by atoms with Gasteiger partial charge in [-0.05, 0) is 38.3 Å². The molecule has 0 unspecified atom stereocenters. The first kappa shape index (κ1) is 13.0. The number of nitrogens with zero attached hydrogens (tertiary/aromatic N) is 2. The second-order valence-electron chi connectivity index (χ2n) is 4.69. The fourth-order valence-electron chi connectivity index (χ4n) is 2.19. The fourth-order valence-corrected chi connectivity index (χ4v) is 2.19. The summed E-state index contributed by atoms with van der Waals surface area (Å²) in [5.74, 6) is 1.77. The Hall–Kier alpha value is -1.43. The van der Waals surface area contributed by atoms with Gasteiger partial charge in [-0.25, -0.2) is 0 Å². The van der Waals surface area contributed by atoms with Crippen molar-refractivity contribution in [2.75, 3.05) is 20.1 Å². The van der Waals surface area contributed by atoms with Gasteiger partial charge in [0, 0.05) is 13.5 Å². The summed E-state index contributed by atoms with van der Waals surface area (Å²) in [6, 6.07) is 0. The Bertz CT molecular complexity index is 385. The molecule has 2 N–H and O–H groups in total. The van der Waals surface area contributed by atoms with Gasteiger partial charge in [0.1, 0.15) is 0 Å². The summed E-state index contributed by atoms with van der Waals surface area (Å²) >= 11 is 0. The number of amides is 1. The van der Waals surface area contributed by atoms with E-state index in [2.05, 4.69) is 20.8 Å². The summed E-state index contributed by atoms with van der Waals surface area (Å²) in [5.41, 5.74) is 0. The van der Waals surface area contributed by atoms with Crippen LogP contribution < -0.4 is 10.6 Å². The number of hydrogen-bond donors (Lipinski definition) is 2. The quantitative estimate of drug-likeness (QED) is 0.787. The zero-order valence-electron chi connectivity index (χ0n) is 10.7. The highest BCUT2D eigenvalue weighted by atomic mass is 16.5. The van der Waals surface area contributed by atoms with Crippen LogP contribution in [0.2, 0.25) is 0 Å². The highest BCUT2D eigenvalue weighted by Gasteiger charge is 2.15. The number of piperidine rings is 1. The summed E-state index contributed by atoms with van der Waals surface area (Å²) in [7, 11) is 1.60. The molecule has 6 nitrogen and oxygen atoms in total. The Kier molecular flexibility index (Phi) is 4.69. The van der Waals surface area contributed by atoms with E-state index in [1.807, 2.05) is 0 Å². The number of nitrogens with one attached hydrogen (secondary N) is 2. The predicted octanol–water partition coefficient (Wildman–Crippen LogP) is 0.290. The van der Waals surface area contributed by atoms with E-state index < -0.39 is 0 Å². The van der Waals surface area contributed by atoms with Crippen LogP contribution in [0.4, 0.5) is 0 Å². The maximum Gasteiger partial charge on any atom is 0.227 e. The molecule has 2 heterocycles. The molecule has 6 heteroatoms. The molecule has 2 rings (SSSR count). The largest absolute Gasteiger partial charge is 0.359 e. The van der Waals surface area contributed by atoms with Crippen molar-refractivity contribution in [2.45, 2.75) is 32.1 Å². The van der Waals surface area contributed by atoms with Crippen molar-refractivity contribution in [3.05, 3.63) is 11.7 Å². The number of aryl methyl sites for hydroxylation is 1. The van der Waals surface area contributed by atoms with Crippen molar-refractivity contribution < 1.29 is 9.32 Å². The molecule has 1 amide bonds. The van der Waals surface area contributed by atoms with Gasteiger partial charge in [-0.3, -0.25) is 4.79 Å². The highest BCUT2D eigenvalue weighted by Crippen LogP contribution is 2.18. The SMILES string of the molecule is CNC(=O)Cc1noc(CCC2CCNCC2)n1. The van der Waals surface area contributed by atoms with E-state index >= 15 is 0 Å². The van der Waals surface area contributed by atoms with Gasteiger partial charge in [0.2, 0.25) is 11.8 Å². The minimum atomic E-state index is -0.0966. The van der Waals surface area contributed by atoms with Gasteiger partial charge in [-0.2, -0.15) is 4.98 Å². The van der Waals surface area contributed by atoms with Crippen molar-refractivity contribution in [2.24, 2.45) is 5.92 Å². The summed E-state index contributed by atoms with van der Waals surface area (Å²) in [6.07, 6.45) is 4.53. The van der Waals surface area contributed by atoms with E-state index in [1.165, 1.54) is 12.8 Å². The number of carbonyl (C=O) groups is 1. The van der Waals surface area contributed by atoms with E-state index in [9.17, 15) is 4.79 Å². The second kappa shape index (κ2) is 6.49. The summed E-state index contributed by atoms with van der Waals surface area (Å²) in [6.45, 7) is 2.22. The third kappa shape index (κ3) is 3.80. The minimum Gasteiger partial charge on any atom is -0.359 e. The molecule has 18 heavy (non-hydrogen) atoms. The predicted molar refractivity (Wildman–Crippen MR) is 66.0 cm³/mol. The lowest BCUT2D eigenvalue weighted by Crippen LogP contribution is -2.27. The van der Waals surface area contributed by atoms with E-state index in [-0.39, 0.29) is 12.3 Å². The zero-order valence-corrected chi connectivity index (χ0v) is 10.7. The molecular weight excluding hydrogens is 232 g/mol. The van der Waals surface area contributed by atoms with Gasteiger partial charge >= 0.3 is 0 Å². The fraction of sp³-hybridized carbons (Fsp3) is 0.750. The van der Waals surface area contributed by atoms with E-state index in [0.29, 0.717) is 11.7 Å². The van der Waals surface area contributed by atoms with Gasteiger partial charge in [0.05, 0.1) is 6.42 Å². The minimum absolute atomic E-state index is 0.0966. The van der Waals surface area contributed by atoms with Crippen LogP contribution in [0.3, 0.4) is 0 Å². The molecule has 0 atom stereocenters. The number of rotatable bonds is 5. The lowest BCUT2D eigenvalue weighted by atomic mass is 9.93. The molecule has 0 aliphatic carbocycles. The summed E-state index contributed by atoms with van der Waals surface area (Å²) in [4.78, 5) is 15.4. The first-order valence-electron chi connectivity index (χ1n) is 6.50. The second-order valence-corrected chi connectivity index (χ2v) is 4.69. The van der Waals surface area contributed by atoms with Crippen molar-refractivity contribution in [1.82, 2.24) is 20.8 Å². The van der Waals surface area contributed by atoms with Crippen LogP contribution >= 0.6 is 0 Å². The maximum absolute atomic E-state index is 11.2. The van der Waals surface area contributed by atoms with Gasteiger partial charge < -0.3 is 15.2 Å². The number of carbonyl (C=O) groups excluding carboxylic acids is 1. The van der Waals surface area contributed by atoms with Gasteiger partial charge in [0.15, 0.2) is 5.82 Å². The molecule has 0 radical (unpaired) electrons. The molecular formula is C12H20N4O2. The number of likely N-dealkylation sites (N-methyl/N-ethyl adjacent to an activating group) is 1. The van der Waals surface area contributed by atoms with Crippen LogP contribution in [0.1, 0.15) is 31.0 Å². The van der Waals surface area contributed by atoms with Crippen LogP contribution in [-0.4, -0.2) is 36.2 Å². The normalized spacial score (nSPS) is 16.7. The van der Waals surface area contributed by atoms with Crippen molar-refractivity contribution in [3.8, 4) is 0 Å². The first-order valence-corrected chi connectivity index (χ1v) is 6.50. The van der Waals surface area contributed by atoms with E-state index in [4.69, 9.17) is 4.52 Å². The monoisotopic (exact) mass is 252 g/mol. The Morgan fingerprint density at radius 2 is 2.28 bits per heavy atom. The van der Waals surface area contributed by atoms with Crippen molar-refractivity contribution in [3.63, 3.8) is 0 Å². The van der Waals surface area contributed by atoms with E-state index in [0.717, 1.165) is 31.8 Å². The van der Waals surface area contributed by atoms with Crippen LogP contribution in [0.15, 0.2) is 4.52 Å². The standard InChI is InChI=1S/C12H20N4O2/c1-13-11(17)8-10-15-12(18-16-10)3-2-9-4-6-14-7-5-9/h9,14H,2-8H2,1H3,(H,13,17). The van der Waals surface area contributed by atoms with Gasteiger partial charge in [-0.1, -0.05) is 5.16 Å². The summed E-state index contributed by atoms with van der Waals surface area (Å²) < 4.78 is 5.14. The third-order valence-corrected chi connectivity index (χ3v) is 3.33. The average molecular weight is 252 g/mol. The van der Waals surface area contributed by atoms with Crippen LogP contribution in [0.5, 0.6) is 0 Å². The molecule has 1 fully saturated rings. The third-order valence-electron chi connectivity index (χ3n) is 3.33. The molecule has 1 aromatic rings. The molecule has 0 saturated carbocycles. The van der Waals surface area contributed by atoms with Crippen molar-refractivity contribution >= 4 is 5.91 Å². The van der Waals surface area contributed by atoms with E-state index in [1.54, 1.807) is 7.05 Å². The Balaban J connectivity index is 1.77. The molecule has 1 aliphatic heterocycles. The molecule has 0 spiro atoms. The lowest BCUT2D eigenvalue weighted by molar-refractivity contribution is -0.120. The molecule has 0 aromatic carbocycles. The molecule has 1 saturated heterocycles. The maximum atomic E-state index is 11.2.